The summed E-state index contributed by atoms with van der Waals surface area (Å²) in [5.74, 6) is -0.920. The quantitative estimate of drug-likeness (QED) is 0.581. The molecular formula is C13H19NO3S. The minimum absolute atomic E-state index is 0.721. The van der Waals surface area contributed by atoms with Crippen LogP contribution in [0.4, 0.5) is 0 Å². The van der Waals surface area contributed by atoms with Gasteiger partial charge in [0.15, 0.2) is 0 Å². The Bertz CT molecular complexity index is 401. The largest absolute Gasteiger partial charge is 0.478 e. The van der Waals surface area contributed by atoms with E-state index in [1.807, 2.05) is 25.4 Å². The Hall–Kier alpha value is -1.17. The van der Waals surface area contributed by atoms with Gasteiger partial charge in [0.2, 0.25) is 0 Å². The molecule has 0 aliphatic heterocycles. The van der Waals surface area contributed by atoms with Crippen molar-refractivity contribution in [1.29, 1.82) is 0 Å². The van der Waals surface area contributed by atoms with Crippen molar-refractivity contribution in [2.24, 2.45) is 0 Å². The maximum atomic E-state index is 10.5. The van der Waals surface area contributed by atoms with E-state index in [-0.39, 0.29) is 0 Å². The molecule has 0 bridgehead atoms. The van der Waals surface area contributed by atoms with Gasteiger partial charge >= 0.3 is 5.97 Å². The van der Waals surface area contributed by atoms with Gasteiger partial charge in [-0.1, -0.05) is 0 Å². The standard InChI is InChI=1S/C13H19NO3S/c1-3-17-8-7-14(2)10-12-11(6-9-18-12)4-5-13(15)16/h4-6,9H,3,7-8,10H2,1-2H3,(H,15,16)/b5-4+. The minimum Gasteiger partial charge on any atom is -0.478 e. The van der Waals surface area contributed by atoms with Crippen LogP contribution in [0, 0.1) is 0 Å². The van der Waals surface area contributed by atoms with Crippen molar-refractivity contribution < 1.29 is 14.6 Å². The zero-order chi connectivity index (χ0) is 13.4. The number of carboxylic acids is 1. The molecule has 5 heteroatoms. The number of ether oxygens (including phenoxy) is 1. The van der Waals surface area contributed by atoms with Gasteiger partial charge in [0, 0.05) is 30.6 Å². The molecule has 0 fully saturated rings. The molecule has 100 valence electrons. The van der Waals surface area contributed by atoms with Crippen molar-refractivity contribution in [3.8, 4) is 0 Å². The van der Waals surface area contributed by atoms with Crippen LogP contribution in [0.3, 0.4) is 0 Å². The van der Waals surface area contributed by atoms with E-state index >= 15 is 0 Å². The van der Waals surface area contributed by atoms with E-state index in [0.29, 0.717) is 0 Å². The van der Waals surface area contributed by atoms with Crippen molar-refractivity contribution in [3.05, 3.63) is 28.0 Å². The second-order valence-electron chi connectivity index (χ2n) is 3.91. The van der Waals surface area contributed by atoms with E-state index in [0.717, 1.165) is 31.9 Å². The molecule has 0 radical (unpaired) electrons. The maximum Gasteiger partial charge on any atom is 0.328 e. The molecule has 0 saturated carbocycles. The molecule has 0 aromatic carbocycles. The summed E-state index contributed by atoms with van der Waals surface area (Å²) >= 11 is 1.64. The number of carbonyl (C=O) groups is 1. The van der Waals surface area contributed by atoms with E-state index in [4.69, 9.17) is 9.84 Å². The van der Waals surface area contributed by atoms with Crippen molar-refractivity contribution >= 4 is 23.4 Å². The van der Waals surface area contributed by atoms with Gasteiger partial charge in [-0.2, -0.15) is 0 Å². The Kier molecular flexibility index (Phi) is 6.64. The molecule has 1 heterocycles. The first-order chi connectivity index (χ1) is 8.63. The van der Waals surface area contributed by atoms with Crippen molar-refractivity contribution in [1.82, 2.24) is 4.90 Å². The second kappa shape index (κ2) is 8.02. The van der Waals surface area contributed by atoms with Crippen LogP contribution in [0.25, 0.3) is 6.08 Å². The topological polar surface area (TPSA) is 49.8 Å². The van der Waals surface area contributed by atoms with Gasteiger partial charge in [-0.05, 0) is 37.1 Å². The number of likely N-dealkylation sites (N-methyl/N-ethyl adjacent to an activating group) is 1. The lowest BCUT2D eigenvalue weighted by Gasteiger charge is -2.15. The fourth-order valence-corrected chi connectivity index (χ4v) is 2.42. The summed E-state index contributed by atoms with van der Waals surface area (Å²) in [6.45, 7) is 5.12. The zero-order valence-electron chi connectivity index (χ0n) is 10.8. The van der Waals surface area contributed by atoms with Crippen LogP contribution >= 0.6 is 11.3 Å². The van der Waals surface area contributed by atoms with Crippen LogP contribution in [-0.4, -0.2) is 42.8 Å². The number of hydrogen-bond donors (Lipinski definition) is 1. The van der Waals surface area contributed by atoms with Crippen molar-refractivity contribution in [2.75, 3.05) is 26.8 Å². The van der Waals surface area contributed by atoms with Gasteiger partial charge in [-0.3, -0.25) is 4.90 Å². The number of carboxylic acid groups (broad SMARTS) is 1. The fraction of sp³-hybridized carbons (Fsp3) is 0.462. The normalized spacial score (nSPS) is 11.5. The lowest BCUT2D eigenvalue weighted by Crippen LogP contribution is -2.22. The van der Waals surface area contributed by atoms with Crippen LogP contribution in [0.5, 0.6) is 0 Å². The van der Waals surface area contributed by atoms with Crippen LogP contribution in [0.15, 0.2) is 17.5 Å². The predicted molar refractivity (Wildman–Crippen MR) is 73.8 cm³/mol. The Morgan fingerprint density at radius 1 is 1.61 bits per heavy atom. The molecule has 0 saturated heterocycles. The van der Waals surface area contributed by atoms with Crippen LogP contribution in [-0.2, 0) is 16.1 Å². The highest BCUT2D eigenvalue weighted by atomic mass is 32.1. The molecule has 18 heavy (non-hydrogen) atoms. The first kappa shape index (κ1) is 14.9. The Morgan fingerprint density at radius 3 is 3.06 bits per heavy atom. The molecule has 1 rings (SSSR count). The van der Waals surface area contributed by atoms with E-state index < -0.39 is 5.97 Å². The Morgan fingerprint density at radius 2 is 2.39 bits per heavy atom. The van der Waals surface area contributed by atoms with Crippen molar-refractivity contribution in [2.45, 2.75) is 13.5 Å². The third-order valence-corrected chi connectivity index (χ3v) is 3.34. The molecule has 0 spiro atoms. The Labute approximate surface area is 111 Å². The number of hydrogen-bond acceptors (Lipinski definition) is 4. The Balaban J connectivity index is 2.51. The van der Waals surface area contributed by atoms with E-state index in [1.54, 1.807) is 17.4 Å². The molecule has 0 aliphatic carbocycles. The first-order valence-electron chi connectivity index (χ1n) is 5.87. The summed E-state index contributed by atoms with van der Waals surface area (Å²) in [5, 5.41) is 10.6. The number of nitrogens with zero attached hydrogens (tertiary/aromatic N) is 1. The summed E-state index contributed by atoms with van der Waals surface area (Å²) in [4.78, 5) is 13.8. The molecule has 1 N–H and O–H groups in total. The summed E-state index contributed by atoms with van der Waals surface area (Å²) in [5.41, 5.74) is 0.977. The van der Waals surface area contributed by atoms with Gasteiger partial charge in [0.1, 0.15) is 0 Å². The first-order valence-corrected chi connectivity index (χ1v) is 6.75. The molecule has 4 nitrogen and oxygen atoms in total. The van der Waals surface area contributed by atoms with E-state index in [2.05, 4.69) is 4.90 Å². The van der Waals surface area contributed by atoms with Crippen LogP contribution in [0.1, 0.15) is 17.4 Å². The van der Waals surface area contributed by atoms with E-state index in [9.17, 15) is 4.79 Å². The highest BCUT2D eigenvalue weighted by Gasteiger charge is 2.05. The zero-order valence-corrected chi connectivity index (χ0v) is 11.6. The third-order valence-electron chi connectivity index (χ3n) is 2.42. The van der Waals surface area contributed by atoms with Gasteiger partial charge in [-0.15, -0.1) is 11.3 Å². The van der Waals surface area contributed by atoms with Gasteiger partial charge in [0.05, 0.1) is 6.61 Å². The van der Waals surface area contributed by atoms with Gasteiger partial charge in [-0.25, -0.2) is 4.79 Å². The summed E-state index contributed by atoms with van der Waals surface area (Å²) < 4.78 is 5.30. The van der Waals surface area contributed by atoms with Crippen molar-refractivity contribution in [3.63, 3.8) is 0 Å². The summed E-state index contributed by atoms with van der Waals surface area (Å²) in [6.07, 6.45) is 2.82. The number of rotatable bonds is 8. The van der Waals surface area contributed by atoms with Gasteiger partial charge in [0.25, 0.3) is 0 Å². The molecule has 0 aliphatic rings. The highest BCUT2D eigenvalue weighted by Crippen LogP contribution is 2.19. The summed E-state index contributed by atoms with van der Waals surface area (Å²) in [6, 6.07) is 1.94. The molecule has 0 amide bonds. The molecular weight excluding hydrogens is 250 g/mol. The van der Waals surface area contributed by atoms with Crippen LogP contribution < -0.4 is 0 Å². The fourth-order valence-electron chi connectivity index (χ4n) is 1.48. The third kappa shape index (κ3) is 5.44. The lowest BCUT2D eigenvalue weighted by atomic mass is 10.2. The molecule has 0 atom stereocenters. The molecule has 1 aromatic heterocycles. The average molecular weight is 269 g/mol. The minimum atomic E-state index is -0.920. The van der Waals surface area contributed by atoms with E-state index in [1.165, 1.54) is 11.0 Å². The predicted octanol–water partition coefficient (Wildman–Crippen LogP) is 2.31. The second-order valence-corrected chi connectivity index (χ2v) is 4.91. The lowest BCUT2D eigenvalue weighted by molar-refractivity contribution is -0.131. The number of thiophene rings is 1. The highest BCUT2D eigenvalue weighted by molar-refractivity contribution is 7.10. The monoisotopic (exact) mass is 269 g/mol. The summed E-state index contributed by atoms with van der Waals surface area (Å²) in [7, 11) is 2.03. The van der Waals surface area contributed by atoms with Gasteiger partial charge < -0.3 is 9.84 Å². The average Bonchev–Trinajstić information content (AvgIpc) is 2.74. The smallest absolute Gasteiger partial charge is 0.328 e. The number of aliphatic carboxylic acids is 1. The molecule has 1 aromatic rings. The van der Waals surface area contributed by atoms with Crippen LogP contribution in [0.2, 0.25) is 0 Å². The maximum absolute atomic E-state index is 10.5. The SMILES string of the molecule is CCOCCN(C)Cc1sccc1/C=C/C(=O)O. The molecule has 0 unspecified atom stereocenters.